The molecule has 1 amide bonds. The Morgan fingerprint density at radius 1 is 1.04 bits per heavy atom. The van der Waals surface area contributed by atoms with Crippen LogP contribution in [-0.4, -0.2) is 15.5 Å². The Labute approximate surface area is 135 Å². The highest BCUT2D eigenvalue weighted by molar-refractivity contribution is 6.03. The van der Waals surface area contributed by atoms with Crippen LogP contribution in [0.2, 0.25) is 0 Å². The molecule has 0 fully saturated rings. The lowest BCUT2D eigenvalue weighted by Crippen LogP contribution is -2.14. The van der Waals surface area contributed by atoms with Gasteiger partial charge in [-0.05, 0) is 31.5 Å². The van der Waals surface area contributed by atoms with Gasteiger partial charge < -0.3 is 4.57 Å². The average Bonchev–Trinajstić information content (AvgIpc) is 2.89. The summed E-state index contributed by atoms with van der Waals surface area (Å²) in [6.45, 7) is 4.05. The monoisotopic (exact) mass is 305 g/mol. The van der Waals surface area contributed by atoms with Crippen molar-refractivity contribution in [2.75, 3.05) is 5.32 Å². The minimum Gasteiger partial charge on any atom is -0.320 e. The van der Waals surface area contributed by atoms with Crippen LogP contribution in [-0.2, 0) is 7.05 Å². The molecule has 1 aromatic heterocycles. The van der Waals surface area contributed by atoms with Crippen molar-refractivity contribution in [1.29, 1.82) is 0 Å². The fourth-order valence-corrected chi connectivity index (χ4v) is 2.45. The van der Waals surface area contributed by atoms with Crippen LogP contribution in [0.3, 0.4) is 0 Å². The first-order chi connectivity index (χ1) is 11.0. The molecule has 0 aliphatic heterocycles. The molecule has 3 aromatic rings. The van der Waals surface area contributed by atoms with Crippen molar-refractivity contribution < 1.29 is 4.79 Å². The summed E-state index contributed by atoms with van der Waals surface area (Å²) in [5, 5.41) is 2.87. The summed E-state index contributed by atoms with van der Waals surface area (Å²) >= 11 is 0. The van der Waals surface area contributed by atoms with Crippen molar-refractivity contribution in [3.05, 3.63) is 71.4 Å². The Morgan fingerprint density at radius 3 is 2.43 bits per heavy atom. The third-order valence-corrected chi connectivity index (χ3v) is 3.84. The van der Waals surface area contributed by atoms with Crippen LogP contribution < -0.4 is 5.32 Å². The van der Waals surface area contributed by atoms with E-state index in [0.717, 1.165) is 22.4 Å². The van der Waals surface area contributed by atoms with Crippen LogP contribution in [0.25, 0.3) is 11.3 Å². The second-order valence-electron chi connectivity index (χ2n) is 5.70. The van der Waals surface area contributed by atoms with Gasteiger partial charge in [0.1, 0.15) is 0 Å². The number of benzene rings is 2. The average molecular weight is 305 g/mol. The number of nitrogens with one attached hydrogen (secondary N) is 1. The van der Waals surface area contributed by atoms with Crippen LogP contribution in [0.5, 0.6) is 0 Å². The predicted molar refractivity (Wildman–Crippen MR) is 92.5 cm³/mol. The number of rotatable bonds is 3. The number of aromatic nitrogens is 2. The van der Waals surface area contributed by atoms with Crippen molar-refractivity contribution >= 4 is 11.9 Å². The Balaban J connectivity index is 1.86. The molecule has 2 aromatic carbocycles. The lowest BCUT2D eigenvalue weighted by atomic mass is 10.1. The summed E-state index contributed by atoms with van der Waals surface area (Å²) < 4.78 is 1.83. The molecule has 23 heavy (non-hydrogen) atoms. The van der Waals surface area contributed by atoms with Crippen molar-refractivity contribution in [1.82, 2.24) is 9.55 Å². The second-order valence-corrected chi connectivity index (χ2v) is 5.70. The summed E-state index contributed by atoms with van der Waals surface area (Å²) in [5.74, 6) is 0.379. The van der Waals surface area contributed by atoms with E-state index >= 15 is 0 Å². The molecular formula is C19H19N3O. The molecule has 116 valence electrons. The summed E-state index contributed by atoms with van der Waals surface area (Å²) in [5.41, 5.74) is 4.82. The molecule has 3 rings (SSSR count). The molecule has 0 bridgehead atoms. The minimum absolute atomic E-state index is 0.157. The van der Waals surface area contributed by atoms with Crippen molar-refractivity contribution in [2.24, 2.45) is 7.05 Å². The normalized spacial score (nSPS) is 10.6. The molecule has 0 radical (unpaired) electrons. The quantitative estimate of drug-likeness (QED) is 0.796. The number of carbonyl (C=O) groups excluding carboxylic acids is 1. The van der Waals surface area contributed by atoms with Gasteiger partial charge in [-0.2, -0.15) is 0 Å². The zero-order valence-corrected chi connectivity index (χ0v) is 13.5. The van der Waals surface area contributed by atoms with Crippen LogP contribution in [0.4, 0.5) is 5.95 Å². The SMILES string of the molecule is Cc1ccc(C(=O)Nc2nc(-c3ccccc3C)cn2C)cc1. The maximum absolute atomic E-state index is 12.3. The van der Waals surface area contributed by atoms with E-state index in [1.54, 1.807) is 0 Å². The molecule has 0 aliphatic carbocycles. The molecule has 0 aliphatic rings. The summed E-state index contributed by atoms with van der Waals surface area (Å²) in [7, 11) is 1.87. The van der Waals surface area contributed by atoms with Crippen molar-refractivity contribution in [3.8, 4) is 11.3 Å². The van der Waals surface area contributed by atoms with E-state index in [0.29, 0.717) is 11.5 Å². The minimum atomic E-state index is -0.157. The highest BCUT2D eigenvalue weighted by Crippen LogP contribution is 2.23. The zero-order chi connectivity index (χ0) is 16.4. The number of carbonyl (C=O) groups is 1. The molecule has 4 heteroatoms. The van der Waals surface area contributed by atoms with Gasteiger partial charge in [0.15, 0.2) is 0 Å². The molecule has 0 saturated carbocycles. The van der Waals surface area contributed by atoms with E-state index in [4.69, 9.17) is 0 Å². The second kappa shape index (κ2) is 6.08. The van der Waals surface area contributed by atoms with E-state index in [9.17, 15) is 4.79 Å². The Hall–Kier alpha value is -2.88. The van der Waals surface area contributed by atoms with Gasteiger partial charge in [-0.3, -0.25) is 10.1 Å². The van der Waals surface area contributed by atoms with E-state index < -0.39 is 0 Å². The van der Waals surface area contributed by atoms with E-state index in [-0.39, 0.29) is 5.91 Å². The Kier molecular flexibility index (Phi) is 3.98. The van der Waals surface area contributed by atoms with E-state index in [1.165, 1.54) is 0 Å². The smallest absolute Gasteiger partial charge is 0.257 e. The standard InChI is InChI=1S/C19H19N3O/c1-13-8-10-15(11-9-13)18(23)21-19-20-17(12-22(19)3)16-7-5-4-6-14(16)2/h4-12H,1-3H3,(H,20,21,23). The van der Waals surface area contributed by atoms with Gasteiger partial charge in [-0.25, -0.2) is 4.98 Å². The van der Waals surface area contributed by atoms with Gasteiger partial charge in [0.05, 0.1) is 5.69 Å². The van der Waals surface area contributed by atoms with Gasteiger partial charge in [0.2, 0.25) is 5.95 Å². The summed E-state index contributed by atoms with van der Waals surface area (Å²) in [6.07, 6.45) is 1.92. The first-order valence-electron chi connectivity index (χ1n) is 7.52. The highest BCUT2D eigenvalue weighted by atomic mass is 16.1. The number of nitrogens with zero attached hydrogens (tertiary/aromatic N) is 2. The number of imidazole rings is 1. The molecule has 0 spiro atoms. The first kappa shape index (κ1) is 15.0. The van der Waals surface area contributed by atoms with Crippen LogP contribution in [0, 0.1) is 13.8 Å². The fourth-order valence-electron chi connectivity index (χ4n) is 2.45. The van der Waals surface area contributed by atoms with Gasteiger partial charge in [-0.15, -0.1) is 0 Å². The Bertz CT molecular complexity index is 847. The number of amides is 1. The van der Waals surface area contributed by atoms with Gasteiger partial charge in [0, 0.05) is 24.4 Å². The van der Waals surface area contributed by atoms with Crippen LogP contribution in [0.1, 0.15) is 21.5 Å². The molecular weight excluding hydrogens is 286 g/mol. The molecule has 0 atom stereocenters. The first-order valence-corrected chi connectivity index (χ1v) is 7.52. The Morgan fingerprint density at radius 2 is 1.74 bits per heavy atom. The van der Waals surface area contributed by atoms with Gasteiger partial charge in [-0.1, -0.05) is 42.0 Å². The van der Waals surface area contributed by atoms with Crippen molar-refractivity contribution in [2.45, 2.75) is 13.8 Å². The topological polar surface area (TPSA) is 46.9 Å². The highest BCUT2D eigenvalue weighted by Gasteiger charge is 2.12. The van der Waals surface area contributed by atoms with E-state index in [1.807, 2.05) is 67.2 Å². The largest absolute Gasteiger partial charge is 0.320 e. The molecule has 4 nitrogen and oxygen atoms in total. The maximum atomic E-state index is 12.3. The lowest BCUT2D eigenvalue weighted by Gasteiger charge is -2.04. The van der Waals surface area contributed by atoms with Gasteiger partial charge in [0.25, 0.3) is 5.91 Å². The third kappa shape index (κ3) is 3.16. The lowest BCUT2D eigenvalue weighted by molar-refractivity contribution is 0.102. The number of anilines is 1. The predicted octanol–water partition coefficient (Wildman–Crippen LogP) is 3.96. The summed E-state index contributed by atoms with van der Waals surface area (Å²) in [6, 6.07) is 15.5. The molecule has 1 N–H and O–H groups in total. The number of hydrogen-bond acceptors (Lipinski definition) is 2. The molecule has 1 heterocycles. The van der Waals surface area contributed by atoms with Crippen LogP contribution >= 0.6 is 0 Å². The fraction of sp³-hybridized carbons (Fsp3) is 0.158. The third-order valence-electron chi connectivity index (χ3n) is 3.84. The van der Waals surface area contributed by atoms with Crippen LogP contribution in [0.15, 0.2) is 54.7 Å². The van der Waals surface area contributed by atoms with E-state index in [2.05, 4.69) is 23.3 Å². The maximum Gasteiger partial charge on any atom is 0.257 e. The number of aryl methyl sites for hydroxylation is 3. The zero-order valence-electron chi connectivity index (χ0n) is 13.5. The molecule has 0 unspecified atom stereocenters. The number of hydrogen-bond donors (Lipinski definition) is 1. The van der Waals surface area contributed by atoms with Crippen molar-refractivity contribution in [3.63, 3.8) is 0 Å². The summed E-state index contributed by atoms with van der Waals surface area (Å²) in [4.78, 5) is 16.9. The van der Waals surface area contributed by atoms with Gasteiger partial charge >= 0.3 is 0 Å². The molecule has 0 saturated heterocycles.